The number of rotatable bonds is 6. The van der Waals surface area contributed by atoms with Crippen LogP contribution in [0.3, 0.4) is 0 Å². The summed E-state index contributed by atoms with van der Waals surface area (Å²) >= 11 is 0. The molecule has 0 radical (unpaired) electrons. The summed E-state index contributed by atoms with van der Waals surface area (Å²) in [7, 11) is -3.60. The van der Waals surface area contributed by atoms with Crippen LogP contribution in [0.25, 0.3) is 0 Å². The number of hydrogen-bond donors (Lipinski definition) is 2. The number of sulfonamides is 1. The lowest BCUT2D eigenvalue weighted by molar-refractivity contribution is 0.0954. The zero-order valence-electron chi connectivity index (χ0n) is 16.6. The van der Waals surface area contributed by atoms with Gasteiger partial charge in [-0.3, -0.25) is 4.79 Å². The third-order valence-electron chi connectivity index (χ3n) is 4.35. The lowest BCUT2D eigenvalue weighted by Crippen LogP contribution is -2.35. The average Bonchev–Trinajstić information content (AvgIpc) is 2.60. The first-order valence-electron chi connectivity index (χ1n) is 8.96. The van der Waals surface area contributed by atoms with Gasteiger partial charge in [0.25, 0.3) is 5.91 Å². The fourth-order valence-corrected chi connectivity index (χ4v) is 4.02. The first-order valence-corrected chi connectivity index (χ1v) is 10.4. The molecule has 2 aromatic rings. The van der Waals surface area contributed by atoms with Crippen LogP contribution in [0.1, 0.15) is 47.8 Å². The molecule has 0 spiro atoms. The van der Waals surface area contributed by atoms with Gasteiger partial charge < -0.3 is 5.32 Å². The van der Waals surface area contributed by atoms with Gasteiger partial charge in [0, 0.05) is 18.7 Å². The lowest BCUT2D eigenvalue weighted by atomic mass is 9.87. The van der Waals surface area contributed by atoms with E-state index in [2.05, 4.69) is 30.8 Å². The molecule has 0 aliphatic rings. The summed E-state index contributed by atoms with van der Waals surface area (Å²) in [5, 5.41) is 2.74. The van der Waals surface area contributed by atoms with E-state index in [1.807, 2.05) is 25.1 Å². The predicted molar refractivity (Wildman–Crippen MR) is 109 cm³/mol. The van der Waals surface area contributed by atoms with Crippen molar-refractivity contribution in [1.82, 2.24) is 10.0 Å². The quantitative estimate of drug-likeness (QED) is 0.746. The molecule has 0 fully saturated rings. The Hall–Kier alpha value is -2.18. The average molecular weight is 389 g/mol. The molecule has 0 atom stereocenters. The summed E-state index contributed by atoms with van der Waals surface area (Å²) in [4.78, 5) is 12.5. The second-order valence-electron chi connectivity index (χ2n) is 7.75. The fraction of sp³-hybridized carbons (Fsp3) is 0.381. The minimum atomic E-state index is -3.60. The highest BCUT2D eigenvalue weighted by Gasteiger charge is 2.17. The van der Waals surface area contributed by atoms with Gasteiger partial charge in [-0.25, -0.2) is 13.1 Å². The summed E-state index contributed by atoms with van der Waals surface area (Å²) in [5.74, 6) is -0.221. The molecule has 5 nitrogen and oxygen atoms in total. The van der Waals surface area contributed by atoms with Gasteiger partial charge in [0.2, 0.25) is 10.0 Å². The van der Waals surface area contributed by atoms with E-state index in [1.165, 1.54) is 0 Å². The van der Waals surface area contributed by atoms with E-state index in [1.54, 1.807) is 31.2 Å². The summed E-state index contributed by atoms with van der Waals surface area (Å²) in [6.45, 7) is 10.3. The first kappa shape index (κ1) is 21.1. The molecule has 0 unspecified atom stereocenters. The van der Waals surface area contributed by atoms with Crippen molar-refractivity contribution in [1.29, 1.82) is 0 Å². The largest absolute Gasteiger partial charge is 0.351 e. The highest BCUT2D eigenvalue weighted by Crippen LogP contribution is 2.22. The Kier molecular flexibility index (Phi) is 6.44. The molecule has 2 aromatic carbocycles. The van der Waals surface area contributed by atoms with Crippen LogP contribution < -0.4 is 10.0 Å². The van der Waals surface area contributed by atoms with E-state index in [0.29, 0.717) is 11.1 Å². The van der Waals surface area contributed by atoms with Crippen LogP contribution in [0.4, 0.5) is 0 Å². The fourth-order valence-electron chi connectivity index (χ4n) is 2.66. The van der Waals surface area contributed by atoms with E-state index >= 15 is 0 Å². The number of amides is 1. The van der Waals surface area contributed by atoms with Crippen molar-refractivity contribution in [2.45, 2.75) is 44.9 Å². The Morgan fingerprint density at radius 3 is 2.19 bits per heavy atom. The van der Waals surface area contributed by atoms with Crippen LogP contribution in [0.5, 0.6) is 0 Å². The Morgan fingerprint density at radius 1 is 0.963 bits per heavy atom. The monoisotopic (exact) mass is 388 g/mol. The van der Waals surface area contributed by atoms with E-state index in [0.717, 1.165) is 11.1 Å². The van der Waals surface area contributed by atoms with Crippen LogP contribution in [0, 0.1) is 13.8 Å². The Labute approximate surface area is 162 Å². The van der Waals surface area contributed by atoms with Gasteiger partial charge in [-0.2, -0.15) is 0 Å². The third-order valence-corrected chi connectivity index (χ3v) is 5.95. The van der Waals surface area contributed by atoms with Crippen molar-refractivity contribution in [2.24, 2.45) is 0 Å². The molecule has 27 heavy (non-hydrogen) atoms. The van der Waals surface area contributed by atoms with Gasteiger partial charge in [-0.1, -0.05) is 45.0 Å². The van der Waals surface area contributed by atoms with Gasteiger partial charge in [0.15, 0.2) is 0 Å². The molecule has 2 rings (SSSR count). The second kappa shape index (κ2) is 8.23. The summed E-state index contributed by atoms with van der Waals surface area (Å²) < 4.78 is 27.4. The van der Waals surface area contributed by atoms with Crippen molar-refractivity contribution >= 4 is 15.9 Å². The van der Waals surface area contributed by atoms with E-state index < -0.39 is 10.0 Å². The molecule has 0 saturated heterocycles. The molecule has 0 bridgehead atoms. The molecule has 6 heteroatoms. The van der Waals surface area contributed by atoms with Crippen LogP contribution in [0.2, 0.25) is 0 Å². The zero-order chi connectivity index (χ0) is 20.2. The normalized spacial score (nSPS) is 12.0. The molecule has 0 saturated carbocycles. The maximum atomic E-state index is 12.4. The van der Waals surface area contributed by atoms with Crippen LogP contribution in [-0.2, 0) is 15.4 Å². The highest BCUT2D eigenvalue weighted by atomic mass is 32.2. The topological polar surface area (TPSA) is 75.3 Å². The highest BCUT2D eigenvalue weighted by molar-refractivity contribution is 7.89. The Bertz CT molecular complexity index is 911. The molecule has 1 amide bonds. The van der Waals surface area contributed by atoms with Crippen LogP contribution in [-0.4, -0.2) is 27.4 Å². The molecule has 0 aromatic heterocycles. The minimum Gasteiger partial charge on any atom is -0.351 e. The Balaban J connectivity index is 1.91. The summed E-state index contributed by atoms with van der Waals surface area (Å²) in [5.41, 5.74) is 3.31. The molecule has 2 N–H and O–H groups in total. The third kappa shape index (κ3) is 5.65. The number of nitrogens with one attached hydrogen (secondary N) is 2. The molecule has 0 aliphatic carbocycles. The lowest BCUT2D eigenvalue weighted by Gasteiger charge is -2.19. The zero-order valence-corrected chi connectivity index (χ0v) is 17.4. The van der Waals surface area contributed by atoms with Gasteiger partial charge in [-0.05, 0) is 54.2 Å². The number of hydrogen-bond acceptors (Lipinski definition) is 3. The molecular formula is C21H28N2O3S. The van der Waals surface area contributed by atoms with Crippen molar-refractivity contribution in [3.8, 4) is 0 Å². The Morgan fingerprint density at radius 2 is 1.59 bits per heavy atom. The van der Waals surface area contributed by atoms with Crippen molar-refractivity contribution < 1.29 is 13.2 Å². The first-order chi connectivity index (χ1) is 12.5. The summed E-state index contributed by atoms with van der Waals surface area (Å²) in [6.07, 6.45) is 0. The van der Waals surface area contributed by atoms with Crippen LogP contribution in [0.15, 0.2) is 47.4 Å². The SMILES string of the molecule is Cc1ccc(C)c(S(=O)(=O)NCCNC(=O)c2ccc(C(C)(C)C)cc2)c1. The minimum absolute atomic E-state index is 0.0290. The van der Waals surface area contributed by atoms with Gasteiger partial charge >= 0.3 is 0 Å². The number of carbonyl (C=O) groups is 1. The number of aryl methyl sites for hydroxylation is 2. The van der Waals surface area contributed by atoms with Gasteiger partial charge in [-0.15, -0.1) is 0 Å². The molecule has 0 aliphatic heterocycles. The number of carbonyl (C=O) groups excluding carboxylic acids is 1. The van der Waals surface area contributed by atoms with E-state index in [-0.39, 0.29) is 29.3 Å². The smallest absolute Gasteiger partial charge is 0.251 e. The second-order valence-corrected chi connectivity index (χ2v) is 9.49. The van der Waals surface area contributed by atoms with Crippen molar-refractivity contribution in [3.63, 3.8) is 0 Å². The van der Waals surface area contributed by atoms with E-state index in [4.69, 9.17) is 0 Å². The summed E-state index contributed by atoms with van der Waals surface area (Å²) in [6, 6.07) is 12.8. The van der Waals surface area contributed by atoms with Crippen LogP contribution >= 0.6 is 0 Å². The van der Waals surface area contributed by atoms with Gasteiger partial charge in [0.1, 0.15) is 0 Å². The molecule has 146 valence electrons. The maximum absolute atomic E-state index is 12.4. The predicted octanol–water partition coefficient (Wildman–Crippen LogP) is 3.31. The van der Waals surface area contributed by atoms with Crippen molar-refractivity contribution in [3.05, 3.63) is 64.7 Å². The van der Waals surface area contributed by atoms with Gasteiger partial charge in [0.05, 0.1) is 4.90 Å². The molecule has 0 heterocycles. The van der Waals surface area contributed by atoms with E-state index in [9.17, 15) is 13.2 Å². The molecular weight excluding hydrogens is 360 g/mol. The standard InChI is InChI=1S/C21H28N2O3S/c1-15-6-7-16(2)19(14-15)27(25,26)23-13-12-22-20(24)17-8-10-18(11-9-17)21(3,4)5/h6-11,14,23H,12-13H2,1-5H3,(H,22,24). The number of benzene rings is 2. The maximum Gasteiger partial charge on any atom is 0.251 e. The van der Waals surface area contributed by atoms with Crippen molar-refractivity contribution in [2.75, 3.05) is 13.1 Å².